The van der Waals surface area contributed by atoms with Gasteiger partial charge in [-0.2, -0.15) is 11.8 Å². The Morgan fingerprint density at radius 1 is 1.04 bits per heavy atom. The molecule has 154 valence electrons. The normalized spacial score (nSPS) is 23.8. The van der Waals surface area contributed by atoms with Crippen LogP contribution in [0.1, 0.15) is 78.1 Å². The molecular weight excluding hydrogens is 362 g/mol. The van der Waals surface area contributed by atoms with Gasteiger partial charge in [0, 0.05) is 36.3 Å². The summed E-state index contributed by atoms with van der Waals surface area (Å²) in [6.45, 7) is 3.94. The minimum absolute atomic E-state index is 0.0361. The fourth-order valence-corrected chi connectivity index (χ4v) is 5.33. The van der Waals surface area contributed by atoms with Gasteiger partial charge < -0.3 is 16.0 Å². The van der Waals surface area contributed by atoms with E-state index in [1.165, 1.54) is 0 Å². The monoisotopic (exact) mass is 397 g/mol. The number of unbranched alkanes of at least 4 members (excludes halogenated alkanes) is 4. The van der Waals surface area contributed by atoms with E-state index < -0.39 is 0 Å². The second-order valence-electron chi connectivity index (χ2n) is 8.04. The fourth-order valence-electron chi connectivity index (χ4n) is 3.79. The van der Waals surface area contributed by atoms with E-state index in [9.17, 15) is 14.4 Å². The standard InChI is InChI=1S/C20H35N3O3S/c1-14(2)21-18(25)12-6-4-3-5-9-15(24)10-7-8-11-17-19-16(13-27-17)22-20(26)23-19/h14,16-17,19H,3-13H2,1-2H3,(H,21,25)(H2,22,23,26)/t16-,17-,19?/m0/s1. The molecule has 0 aromatic carbocycles. The van der Waals surface area contributed by atoms with Crippen LogP contribution in [0.3, 0.4) is 0 Å². The maximum absolute atomic E-state index is 12.0. The average Bonchev–Trinajstić information content (AvgIpc) is 3.13. The third-order valence-electron chi connectivity index (χ3n) is 5.19. The maximum atomic E-state index is 12.0. The van der Waals surface area contributed by atoms with E-state index in [2.05, 4.69) is 16.0 Å². The van der Waals surface area contributed by atoms with Crippen molar-refractivity contribution in [3.05, 3.63) is 0 Å². The third-order valence-corrected chi connectivity index (χ3v) is 6.70. The minimum atomic E-state index is -0.0361. The van der Waals surface area contributed by atoms with Crippen molar-refractivity contribution < 1.29 is 14.4 Å². The Bertz CT molecular complexity index is 513. The van der Waals surface area contributed by atoms with Gasteiger partial charge in [0.2, 0.25) is 5.91 Å². The lowest BCUT2D eigenvalue weighted by molar-refractivity contribution is -0.122. The lowest BCUT2D eigenvalue weighted by Gasteiger charge is -2.16. The van der Waals surface area contributed by atoms with Gasteiger partial charge in [-0.15, -0.1) is 0 Å². The van der Waals surface area contributed by atoms with Crippen molar-refractivity contribution in [3.63, 3.8) is 0 Å². The summed E-state index contributed by atoms with van der Waals surface area (Å²) >= 11 is 1.93. The highest BCUT2D eigenvalue weighted by Gasteiger charge is 2.42. The molecule has 2 rings (SSSR count). The summed E-state index contributed by atoms with van der Waals surface area (Å²) in [5.41, 5.74) is 0. The van der Waals surface area contributed by atoms with Gasteiger partial charge in [0.1, 0.15) is 5.78 Å². The molecule has 6 nitrogen and oxygen atoms in total. The predicted octanol–water partition coefficient (Wildman–Crippen LogP) is 3.15. The summed E-state index contributed by atoms with van der Waals surface area (Å²) in [7, 11) is 0. The van der Waals surface area contributed by atoms with Gasteiger partial charge in [-0.1, -0.05) is 19.3 Å². The van der Waals surface area contributed by atoms with Gasteiger partial charge in [-0.25, -0.2) is 4.79 Å². The quantitative estimate of drug-likeness (QED) is 0.329. The molecule has 3 N–H and O–H groups in total. The second-order valence-corrected chi connectivity index (χ2v) is 9.31. The number of urea groups is 1. The van der Waals surface area contributed by atoms with Gasteiger partial charge in [0.25, 0.3) is 0 Å². The number of Topliss-reactive ketones (excluding diaryl/α,β-unsaturated/α-hetero) is 1. The number of ketones is 1. The van der Waals surface area contributed by atoms with E-state index >= 15 is 0 Å². The molecule has 2 fully saturated rings. The predicted molar refractivity (Wildman–Crippen MR) is 110 cm³/mol. The molecule has 2 saturated heterocycles. The van der Waals surface area contributed by atoms with Gasteiger partial charge in [-0.05, 0) is 39.5 Å². The molecule has 27 heavy (non-hydrogen) atoms. The Morgan fingerprint density at radius 2 is 1.70 bits per heavy atom. The number of carbonyl (C=O) groups excluding carboxylic acids is 3. The molecule has 2 aliphatic heterocycles. The molecule has 1 unspecified atom stereocenters. The first-order chi connectivity index (χ1) is 13.0. The van der Waals surface area contributed by atoms with Gasteiger partial charge >= 0.3 is 6.03 Å². The number of hydrogen-bond donors (Lipinski definition) is 3. The van der Waals surface area contributed by atoms with Crippen LogP contribution in [-0.4, -0.2) is 46.8 Å². The average molecular weight is 398 g/mol. The van der Waals surface area contributed by atoms with E-state index in [0.717, 1.165) is 50.7 Å². The second kappa shape index (κ2) is 11.6. The van der Waals surface area contributed by atoms with Crippen LogP contribution in [0.4, 0.5) is 4.79 Å². The summed E-state index contributed by atoms with van der Waals surface area (Å²) in [5.74, 6) is 1.48. The van der Waals surface area contributed by atoms with Crippen LogP contribution in [-0.2, 0) is 9.59 Å². The van der Waals surface area contributed by atoms with Crippen molar-refractivity contribution >= 4 is 29.5 Å². The highest BCUT2D eigenvalue weighted by atomic mass is 32.2. The van der Waals surface area contributed by atoms with Crippen LogP contribution in [0.25, 0.3) is 0 Å². The molecule has 0 aliphatic carbocycles. The van der Waals surface area contributed by atoms with Gasteiger partial charge in [0.05, 0.1) is 12.1 Å². The van der Waals surface area contributed by atoms with Crippen LogP contribution >= 0.6 is 11.8 Å². The van der Waals surface area contributed by atoms with E-state index in [1.807, 2.05) is 25.6 Å². The van der Waals surface area contributed by atoms with E-state index in [4.69, 9.17) is 0 Å². The highest BCUT2D eigenvalue weighted by molar-refractivity contribution is 8.00. The van der Waals surface area contributed by atoms with Crippen LogP contribution in [0.2, 0.25) is 0 Å². The zero-order valence-electron chi connectivity index (χ0n) is 16.7. The number of amides is 3. The molecule has 0 aromatic heterocycles. The third kappa shape index (κ3) is 8.11. The molecule has 3 amide bonds. The zero-order chi connectivity index (χ0) is 19.6. The molecule has 0 spiro atoms. The first-order valence-electron chi connectivity index (χ1n) is 10.5. The van der Waals surface area contributed by atoms with Crippen LogP contribution in [0.5, 0.6) is 0 Å². The first kappa shape index (κ1) is 22.1. The SMILES string of the molecule is CC(C)NC(=O)CCCCCCC(=O)CCCC[C@@H]1SC[C@@H]2NC(=O)NC21. The van der Waals surface area contributed by atoms with Crippen LogP contribution in [0, 0.1) is 0 Å². The van der Waals surface area contributed by atoms with Crippen molar-refractivity contribution in [1.29, 1.82) is 0 Å². The molecule has 0 saturated carbocycles. The Morgan fingerprint density at radius 3 is 2.41 bits per heavy atom. The number of thioether (sulfide) groups is 1. The lowest BCUT2D eigenvalue weighted by Crippen LogP contribution is -2.36. The molecule has 2 heterocycles. The van der Waals surface area contributed by atoms with Crippen molar-refractivity contribution in [3.8, 4) is 0 Å². The molecule has 0 radical (unpaired) electrons. The van der Waals surface area contributed by atoms with Crippen LogP contribution < -0.4 is 16.0 Å². The van der Waals surface area contributed by atoms with Crippen molar-refractivity contribution in [1.82, 2.24) is 16.0 Å². The topological polar surface area (TPSA) is 87.3 Å². The maximum Gasteiger partial charge on any atom is 0.315 e. The summed E-state index contributed by atoms with van der Waals surface area (Å²) in [6.07, 6.45) is 8.87. The Balaban J connectivity index is 1.42. The number of nitrogens with one attached hydrogen (secondary N) is 3. The Kier molecular flexibility index (Phi) is 9.45. The zero-order valence-corrected chi connectivity index (χ0v) is 17.5. The van der Waals surface area contributed by atoms with E-state index in [1.54, 1.807) is 0 Å². The van der Waals surface area contributed by atoms with Crippen LogP contribution in [0.15, 0.2) is 0 Å². The molecule has 2 aliphatic rings. The fraction of sp³-hybridized carbons (Fsp3) is 0.850. The van der Waals surface area contributed by atoms with E-state index in [0.29, 0.717) is 30.3 Å². The lowest BCUT2D eigenvalue weighted by atomic mass is 10.0. The van der Waals surface area contributed by atoms with E-state index in [-0.39, 0.29) is 30.1 Å². The minimum Gasteiger partial charge on any atom is -0.354 e. The summed E-state index contributed by atoms with van der Waals surface area (Å²) in [5, 5.41) is 9.35. The number of carbonyl (C=O) groups is 3. The van der Waals surface area contributed by atoms with Gasteiger partial charge in [-0.3, -0.25) is 9.59 Å². The number of fused-ring (bicyclic) bond motifs is 1. The Labute approximate surface area is 167 Å². The Hall–Kier alpha value is -1.24. The molecule has 7 heteroatoms. The molecular formula is C20H35N3O3S. The highest BCUT2D eigenvalue weighted by Crippen LogP contribution is 2.33. The molecule has 0 aromatic rings. The summed E-state index contributed by atoms with van der Waals surface area (Å²) in [6, 6.07) is 0.717. The van der Waals surface area contributed by atoms with Crippen molar-refractivity contribution in [2.24, 2.45) is 0 Å². The number of hydrogen-bond acceptors (Lipinski definition) is 4. The van der Waals surface area contributed by atoms with Gasteiger partial charge in [0.15, 0.2) is 0 Å². The first-order valence-corrected chi connectivity index (χ1v) is 11.5. The molecule has 3 atom stereocenters. The smallest absolute Gasteiger partial charge is 0.315 e. The largest absolute Gasteiger partial charge is 0.354 e. The molecule has 0 bridgehead atoms. The van der Waals surface area contributed by atoms with Crippen molar-refractivity contribution in [2.75, 3.05) is 5.75 Å². The summed E-state index contributed by atoms with van der Waals surface area (Å²) in [4.78, 5) is 34.9. The number of rotatable bonds is 13. The van der Waals surface area contributed by atoms with Crippen molar-refractivity contribution in [2.45, 2.75) is 101 Å². The summed E-state index contributed by atoms with van der Waals surface area (Å²) < 4.78 is 0.